The van der Waals surface area contributed by atoms with Gasteiger partial charge in [0.2, 0.25) is 0 Å². The minimum Gasteiger partial charge on any atom is -0.295 e. The second-order valence-corrected chi connectivity index (χ2v) is 3.31. The molecule has 0 unspecified atom stereocenters. The topological polar surface area (TPSA) is 34.1 Å². The van der Waals surface area contributed by atoms with Crippen LogP contribution >= 0.6 is 0 Å². The maximum absolute atomic E-state index is 11.3. The molecule has 0 aromatic heterocycles. The molecule has 0 amide bonds. The van der Waals surface area contributed by atoms with Crippen molar-refractivity contribution in [3.8, 4) is 0 Å². The minimum absolute atomic E-state index is 0.0477. The van der Waals surface area contributed by atoms with Crippen LogP contribution in [0.1, 0.15) is 39.6 Å². The molecule has 1 aromatic rings. The molecule has 0 heterocycles. The molecule has 66 valence electrons. The van der Waals surface area contributed by atoms with E-state index in [1.165, 1.54) is 0 Å². The number of Topliss-reactive ketones (excluding diaryl/α,β-unsaturated/α-hetero) is 2. The smallest absolute Gasteiger partial charge is 0.163 e. The average Bonchev–Trinajstić information content (AvgIpc) is 2.48. The van der Waals surface area contributed by atoms with E-state index in [-0.39, 0.29) is 11.6 Å². The Labute approximate surface area is 76.6 Å². The van der Waals surface area contributed by atoms with Gasteiger partial charge in [0.15, 0.2) is 11.6 Å². The molecule has 1 aliphatic carbocycles. The molecule has 2 heteroatoms. The molecule has 0 aliphatic heterocycles. The van der Waals surface area contributed by atoms with Gasteiger partial charge >= 0.3 is 0 Å². The lowest BCUT2D eigenvalue weighted by molar-refractivity contribution is 0.0992. The number of benzene rings is 1. The number of carbonyl (C=O) groups excluding carboxylic acids is 2. The molecule has 0 spiro atoms. The first-order valence-corrected chi connectivity index (χ1v) is 4.36. The van der Waals surface area contributed by atoms with Crippen molar-refractivity contribution >= 4 is 11.6 Å². The van der Waals surface area contributed by atoms with Gasteiger partial charge in [-0.15, -0.1) is 0 Å². The summed E-state index contributed by atoms with van der Waals surface area (Å²) in [6, 6.07) is 5.37. The molecule has 13 heavy (non-hydrogen) atoms. The van der Waals surface area contributed by atoms with Crippen LogP contribution in [0.2, 0.25) is 0 Å². The van der Waals surface area contributed by atoms with Crippen LogP contribution < -0.4 is 0 Å². The molecule has 2 nitrogen and oxygen atoms in total. The fraction of sp³-hybridized carbons (Fsp3) is 0.273. The monoisotopic (exact) mass is 174 g/mol. The quantitative estimate of drug-likeness (QED) is 0.610. The first-order valence-electron chi connectivity index (χ1n) is 4.36. The summed E-state index contributed by atoms with van der Waals surface area (Å²) in [5, 5.41) is 0. The number of carbonyl (C=O) groups is 2. The highest BCUT2D eigenvalue weighted by molar-refractivity contribution is 6.05. The number of hydrogen-bond acceptors (Lipinski definition) is 2. The lowest BCUT2D eigenvalue weighted by Gasteiger charge is -2.02. The van der Waals surface area contributed by atoms with Gasteiger partial charge in [0.05, 0.1) is 0 Å². The van der Waals surface area contributed by atoms with Crippen LogP contribution in [0, 0.1) is 0 Å². The zero-order chi connectivity index (χ0) is 9.42. The van der Waals surface area contributed by atoms with E-state index < -0.39 is 0 Å². The average molecular weight is 174 g/mol. The van der Waals surface area contributed by atoms with Crippen molar-refractivity contribution in [2.24, 2.45) is 0 Å². The molecule has 1 aliphatic rings. The molecule has 0 atom stereocenters. The largest absolute Gasteiger partial charge is 0.295 e. The molecule has 0 N–H and O–H groups in total. The Morgan fingerprint density at radius 3 is 2.77 bits per heavy atom. The molecule has 2 rings (SSSR count). The van der Waals surface area contributed by atoms with Gasteiger partial charge in [0.25, 0.3) is 0 Å². The van der Waals surface area contributed by atoms with E-state index >= 15 is 0 Å². The van der Waals surface area contributed by atoms with Crippen LogP contribution in [-0.2, 0) is 6.42 Å². The van der Waals surface area contributed by atoms with E-state index in [9.17, 15) is 9.59 Å². The van der Waals surface area contributed by atoms with Crippen LogP contribution in [-0.4, -0.2) is 11.6 Å². The zero-order valence-electron chi connectivity index (χ0n) is 7.46. The van der Waals surface area contributed by atoms with Crippen molar-refractivity contribution in [2.75, 3.05) is 0 Å². The summed E-state index contributed by atoms with van der Waals surface area (Å²) in [5.74, 6) is 0.213. The Hall–Kier alpha value is -1.44. The Morgan fingerprint density at radius 1 is 1.31 bits per heavy atom. The predicted octanol–water partition coefficient (Wildman–Crippen LogP) is 2.02. The summed E-state index contributed by atoms with van der Waals surface area (Å²) >= 11 is 0. The van der Waals surface area contributed by atoms with E-state index in [0.29, 0.717) is 12.0 Å². The van der Waals surface area contributed by atoms with Crippen LogP contribution in [0.4, 0.5) is 0 Å². The van der Waals surface area contributed by atoms with Gasteiger partial charge in [-0.2, -0.15) is 0 Å². The number of fused-ring (bicyclic) bond motifs is 1. The second kappa shape index (κ2) is 2.80. The summed E-state index contributed by atoms with van der Waals surface area (Å²) in [6.07, 6.45) is 1.28. The van der Waals surface area contributed by atoms with Crippen molar-refractivity contribution in [1.29, 1.82) is 0 Å². The Bertz CT molecular complexity index is 391. The molecule has 0 fully saturated rings. The van der Waals surface area contributed by atoms with Crippen molar-refractivity contribution in [3.05, 3.63) is 34.9 Å². The third-order valence-electron chi connectivity index (χ3n) is 2.46. The minimum atomic E-state index is 0.0477. The Kier molecular flexibility index (Phi) is 1.76. The molecular weight excluding hydrogens is 164 g/mol. The Balaban J connectivity index is 2.63. The van der Waals surface area contributed by atoms with Crippen molar-refractivity contribution < 1.29 is 9.59 Å². The normalized spacial score (nSPS) is 14.4. The SMILES string of the molecule is CC(=O)c1cccc2c1CCC2=O. The van der Waals surface area contributed by atoms with Crippen LogP contribution in [0.5, 0.6) is 0 Å². The van der Waals surface area contributed by atoms with Crippen molar-refractivity contribution in [1.82, 2.24) is 0 Å². The highest BCUT2D eigenvalue weighted by Gasteiger charge is 2.22. The van der Waals surface area contributed by atoms with E-state index in [4.69, 9.17) is 0 Å². The van der Waals surface area contributed by atoms with Gasteiger partial charge in [-0.3, -0.25) is 9.59 Å². The lowest BCUT2D eigenvalue weighted by atomic mass is 10.0. The Morgan fingerprint density at radius 2 is 2.08 bits per heavy atom. The summed E-state index contributed by atoms with van der Waals surface area (Å²) in [6.45, 7) is 1.54. The van der Waals surface area contributed by atoms with Crippen LogP contribution in [0.25, 0.3) is 0 Å². The third kappa shape index (κ3) is 1.18. The summed E-state index contributed by atoms with van der Waals surface area (Å²) in [5.41, 5.74) is 2.40. The van der Waals surface area contributed by atoms with Gasteiger partial charge in [0.1, 0.15) is 0 Å². The van der Waals surface area contributed by atoms with Gasteiger partial charge in [-0.05, 0) is 18.9 Å². The zero-order valence-corrected chi connectivity index (χ0v) is 7.46. The maximum Gasteiger partial charge on any atom is 0.163 e. The van der Waals surface area contributed by atoms with E-state index in [0.717, 1.165) is 17.5 Å². The van der Waals surface area contributed by atoms with E-state index in [2.05, 4.69) is 0 Å². The fourth-order valence-electron chi connectivity index (χ4n) is 1.82. The van der Waals surface area contributed by atoms with Gasteiger partial charge in [-0.25, -0.2) is 0 Å². The highest BCUT2D eigenvalue weighted by Crippen LogP contribution is 2.25. The van der Waals surface area contributed by atoms with Gasteiger partial charge in [0, 0.05) is 17.5 Å². The maximum atomic E-state index is 11.3. The predicted molar refractivity (Wildman–Crippen MR) is 49.1 cm³/mol. The van der Waals surface area contributed by atoms with Crippen molar-refractivity contribution in [3.63, 3.8) is 0 Å². The third-order valence-corrected chi connectivity index (χ3v) is 2.46. The molecule has 0 saturated heterocycles. The van der Waals surface area contributed by atoms with Crippen LogP contribution in [0.15, 0.2) is 18.2 Å². The molecule has 1 aromatic carbocycles. The number of rotatable bonds is 1. The molecule has 0 bridgehead atoms. The number of ketones is 2. The summed E-state index contributed by atoms with van der Waals surface area (Å²) < 4.78 is 0. The highest BCUT2D eigenvalue weighted by atomic mass is 16.1. The standard InChI is InChI=1S/C11H10O2/c1-7(12)8-3-2-4-10-9(8)5-6-11(10)13/h2-4H,5-6H2,1H3. The van der Waals surface area contributed by atoms with E-state index in [1.54, 1.807) is 25.1 Å². The molecular formula is C11H10O2. The van der Waals surface area contributed by atoms with Gasteiger partial charge < -0.3 is 0 Å². The first-order chi connectivity index (χ1) is 6.20. The fourth-order valence-corrected chi connectivity index (χ4v) is 1.82. The summed E-state index contributed by atoms with van der Waals surface area (Å²) in [4.78, 5) is 22.5. The second-order valence-electron chi connectivity index (χ2n) is 3.31. The van der Waals surface area contributed by atoms with E-state index in [1.807, 2.05) is 0 Å². The number of hydrogen-bond donors (Lipinski definition) is 0. The lowest BCUT2D eigenvalue weighted by Crippen LogP contribution is -1.99. The summed E-state index contributed by atoms with van der Waals surface area (Å²) in [7, 11) is 0. The first kappa shape index (κ1) is 8.17. The van der Waals surface area contributed by atoms with Gasteiger partial charge in [-0.1, -0.05) is 18.2 Å². The van der Waals surface area contributed by atoms with Crippen molar-refractivity contribution in [2.45, 2.75) is 19.8 Å². The van der Waals surface area contributed by atoms with Crippen LogP contribution in [0.3, 0.4) is 0 Å². The molecule has 0 radical (unpaired) electrons. The molecule has 0 saturated carbocycles.